The summed E-state index contributed by atoms with van der Waals surface area (Å²) in [4.78, 5) is 25.2. The van der Waals surface area contributed by atoms with Gasteiger partial charge in [-0.25, -0.2) is 13.1 Å². The van der Waals surface area contributed by atoms with Gasteiger partial charge in [-0.05, 0) is 56.2 Å². The van der Waals surface area contributed by atoms with Crippen LogP contribution >= 0.6 is 0 Å². The van der Waals surface area contributed by atoms with Crippen LogP contribution in [0.5, 0.6) is 0 Å². The van der Waals surface area contributed by atoms with E-state index in [1.807, 2.05) is 18.2 Å². The number of nitrogens with one attached hydrogen (secondary N) is 3. The molecule has 0 heterocycles. The van der Waals surface area contributed by atoms with Crippen molar-refractivity contribution in [3.63, 3.8) is 0 Å². The van der Waals surface area contributed by atoms with Crippen molar-refractivity contribution in [2.75, 3.05) is 13.1 Å². The summed E-state index contributed by atoms with van der Waals surface area (Å²) >= 11 is 0. The smallest absolute Gasteiger partial charge is 0.242 e. The van der Waals surface area contributed by atoms with Crippen molar-refractivity contribution < 1.29 is 23.1 Å². The van der Waals surface area contributed by atoms with Gasteiger partial charge in [-0.3, -0.25) is 9.59 Å². The minimum atomic E-state index is -3.54. The highest BCUT2D eigenvalue weighted by molar-refractivity contribution is 7.89. The number of aliphatic hydroxyl groups excluding tert-OH is 1. The first-order valence-electron chi connectivity index (χ1n) is 11.6. The first kappa shape index (κ1) is 25.9. The normalized spacial score (nSPS) is 20.2. The molecule has 2 atom stereocenters. The molecule has 0 aliphatic heterocycles. The van der Waals surface area contributed by atoms with Gasteiger partial charge in [0, 0.05) is 19.0 Å². The van der Waals surface area contributed by atoms with E-state index in [2.05, 4.69) is 15.4 Å². The van der Waals surface area contributed by atoms with Crippen LogP contribution in [0.25, 0.3) is 0 Å². The van der Waals surface area contributed by atoms with E-state index in [9.17, 15) is 23.1 Å². The standard InChI is InChI=1S/C25H33N3O5S/c1-18(24(30)26-17-23(29)20-8-4-2-5-9-20)28-25(31)21-14-12-19(13-15-21)16-27-34(32,33)22-10-6-3-7-11-22/h2-11,18-19,21,23,27,29H,12-17H2,1H3,(H,26,30)(H,28,31). The number of hydrogen-bond acceptors (Lipinski definition) is 5. The van der Waals surface area contributed by atoms with Gasteiger partial charge in [-0.15, -0.1) is 0 Å². The summed E-state index contributed by atoms with van der Waals surface area (Å²) in [5, 5.41) is 15.6. The summed E-state index contributed by atoms with van der Waals surface area (Å²) in [5.41, 5.74) is 0.710. The molecule has 2 unspecified atom stereocenters. The molecule has 8 nitrogen and oxygen atoms in total. The average Bonchev–Trinajstić information content (AvgIpc) is 2.87. The molecule has 1 aliphatic rings. The van der Waals surface area contributed by atoms with E-state index in [0.29, 0.717) is 24.9 Å². The van der Waals surface area contributed by atoms with Crippen LogP contribution in [0, 0.1) is 11.8 Å². The summed E-state index contributed by atoms with van der Waals surface area (Å²) in [6, 6.07) is 16.6. The summed E-state index contributed by atoms with van der Waals surface area (Å²) in [5.74, 6) is -0.559. The Morgan fingerprint density at radius 3 is 2.18 bits per heavy atom. The van der Waals surface area contributed by atoms with Gasteiger partial charge in [0.15, 0.2) is 0 Å². The van der Waals surface area contributed by atoms with Crippen LogP contribution in [-0.4, -0.2) is 44.5 Å². The molecule has 0 saturated heterocycles. The van der Waals surface area contributed by atoms with Gasteiger partial charge in [-0.1, -0.05) is 48.5 Å². The summed E-state index contributed by atoms with van der Waals surface area (Å²) in [6.45, 7) is 2.02. The predicted octanol–water partition coefficient (Wildman–Crippen LogP) is 2.13. The van der Waals surface area contributed by atoms with Crippen molar-refractivity contribution in [3.05, 3.63) is 66.2 Å². The number of rotatable bonds is 10. The number of benzene rings is 2. The molecule has 2 amide bonds. The summed E-state index contributed by atoms with van der Waals surface area (Å²) in [6.07, 6.45) is 1.94. The van der Waals surface area contributed by atoms with E-state index >= 15 is 0 Å². The molecular weight excluding hydrogens is 454 g/mol. The fourth-order valence-electron chi connectivity index (χ4n) is 4.08. The minimum absolute atomic E-state index is 0.0626. The van der Waals surface area contributed by atoms with Crippen LogP contribution in [0.1, 0.15) is 44.3 Å². The number of hydrogen-bond donors (Lipinski definition) is 4. The highest BCUT2D eigenvalue weighted by Gasteiger charge is 2.29. The predicted molar refractivity (Wildman–Crippen MR) is 129 cm³/mol. The maximum atomic E-state index is 12.6. The van der Waals surface area contributed by atoms with Crippen molar-refractivity contribution in [2.24, 2.45) is 11.8 Å². The van der Waals surface area contributed by atoms with Crippen molar-refractivity contribution in [1.82, 2.24) is 15.4 Å². The third kappa shape index (κ3) is 7.38. The lowest BCUT2D eigenvalue weighted by atomic mass is 9.81. The SMILES string of the molecule is CC(NC(=O)C1CCC(CNS(=O)(=O)c2ccccc2)CC1)C(=O)NCC(O)c1ccccc1. The zero-order valence-electron chi connectivity index (χ0n) is 19.3. The first-order chi connectivity index (χ1) is 16.3. The van der Waals surface area contributed by atoms with Crippen LogP contribution in [-0.2, 0) is 19.6 Å². The molecule has 2 aromatic carbocycles. The molecule has 184 valence electrons. The van der Waals surface area contributed by atoms with Gasteiger partial charge in [0.2, 0.25) is 21.8 Å². The Hall–Kier alpha value is -2.75. The molecule has 0 radical (unpaired) electrons. The second-order valence-electron chi connectivity index (χ2n) is 8.78. The van der Waals surface area contributed by atoms with Crippen LogP contribution in [0.4, 0.5) is 0 Å². The molecule has 0 bridgehead atoms. The Kier molecular flexibility index (Phi) is 9.20. The number of carbonyl (C=O) groups excluding carboxylic acids is 2. The van der Waals surface area contributed by atoms with E-state index in [1.165, 1.54) is 0 Å². The van der Waals surface area contributed by atoms with Crippen molar-refractivity contribution in [1.29, 1.82) is 0 Å². The molecule has 34 heavy (non-hydrogen) atoms. The van der Waals surface area contributed by atoms with Gasteiger partial charge >= 0.3 is 0 Å². The molecule has 1 fully saturated rings. The van der Waals surface area contributed by atoms with E-state index in [0.717, 1.165) is 12.8 Å². The van der Waals surface area contributed by atoms with Crippen molar-refractivity contribution in [3.8, 4) is 0 Å². The van der Waals surface area contributed by atoms with E-state index in [4.69, 9.17) is 0 Å². The van der Waals surface area contributed by atoms with E-state index in [1.54, 1.807) is 49.4 Å². The van der Waals surface area contributed by atoms with E-state index < -0.39 is 22.2 Å². The Labute approximate surface area is 201 Å². The van der Waals surface area contributed by atoms with Crippen LogP contribution < -0.4 is 15.4 Å². The molecule has 3 rings (SSSR count). The van der Waals surface area contributed by atoms with Crippen molar-refractivity contribution >= 4 is 21.8 Å². The fourth-order valence-corrected chi connectivity index (χ4v) is 5.22. The van der Waals surface area contributed by atoms with Gasteiger partial charge < -0.3 is 15.7 Å². The number of amides is 2. The number of sulfonamides is 1. The number of carbonyl (C=O) groups is 2. The van der Waals surface area contributed by atoms with Gasteiger partial charge in [-0.2, -0.15) is 0 Å². The number of aliphatic hydroxyl groups is 1. The Balaban J connectivity index is 1.38. The molecule has 0 aromatic heterocycles. The zero-order chi connectivity index (χ0) is 24.6. The minimum Gasteiger partial charge on any atom is -0.387 e. The van der Waals surface area contributed by atoms with E-state index in [-0.39, 0.29) is 35.1 Å². The van der Waals surface area contributed by atoms with Gasteiger partial charge in [0.05, 0.1) is 11.0 Å². The monoisotopic (exact) mass is 487 g/mol. The molecular formula is C25H33N3O5S. The van der Waals surface area contributed by atoms with Gasteiger partial charge in [0.1, 0.15) is 6.04 Å². The highest BCUT2D eigenvalue weighted by atomic mass is 32.2. The molecule has 9 heteroatoms. The largest absolute Gasteiger partial charge is 0.387 e. The first-order valence-corrected chi connectivity index (χ1v) is 13.1. The summed E-state index contributed by atoms with van der Waals surface area (Å²) < 4.78 is 27.4. The lowest BCUT2D eigenvalue weighted by Crippen LogP contribution is -2.48. The lowest BCUT2D eigenvalue weighted by Gasteiger charge is -2.28. The molecule has 1 saturated carbocycles. The molecule has 2 aromatic rings. The zero-order valence-corrected chi connectivity index (χ0v) is 20.1. The fraction of sp³-hybridized carbons (Fsp3) is 0.440. The Bertz CT molecular complexity index is 1040. The van der Waals surface area contributed by atoms with Gasteiger partial charge in [0.25, 0.3) is 0 Å². The topological polar surface area (TPSA) is 125 Å². The Morgan fingerprint density at radius 2 is 1.56 bits per heavy atom. The molecule has 4 N–H and O–H groups in total. The van der Waals surface area contributed by atoms with Crippen LogP contribution in [0.2, 0.25) is 0 Å². The Morgan fingerprint density at radius 1 is 0.971 bits per heavy atom. The highest BCUT2D eigenvalue weighted by Crippen LogP contribution is 2.29. The average molecular weight is 488 g/mol. The summed E-state index contributed by atoms with van der Waals surface area (Å²) in [7, 11) is -3.54. The third-order valence-corrected chi connectivity index (χ3v) is 7.68. The third-order valence-electron chi connectivity index (χ3n) is 6.24. The maximum absolute atomic E-state index is 12.6. The molecule has 0 spiro atoms. The van der Waals surface area contributed by atoms with Crippen LogP contribution in [0.3, 0.4) is 0 Å². The van der Waals surface area contributed by atoms with Crippen LogP contribution in [0.15, 0.2) is 65.6 Å². The lowest BCUT2D eigenvalue weighted by molar-refractivity contribution is -0.131. The quantitative estimate of drug-likeness (QED) is 0.409. The van der Waals surface area contributed by atoms with Crippen molar-refractivity contribution in [2.45, 2.75) is 49.6 Å². The second-order valence-corrected chi connectivity index (χ2v) is 10.6. The molecule has 1 aliphatic carbocycles. The second kappa shape index (κ2) is 12.1. The maximum Gasteiger partial charge on any atom is 0.242 e.